The van der Waals surface area contributed by atoms with Crippen LogP contribution in [0.4, 0.5) is 0 Å². The molecule has 6 heteroatoms. The lowest BCUT2D eigenvalue weighted by Crippen LogP contribution is -2.26. The van der Waals surface area contributed by atoms with Crippen LogP contribution in [0.3, 0.4) is 0 Å². The standard InChI is InChI=1S/C16H20N2O3S/c1-20-8-4-7-18-16(19)13(11-17)9-12-5-6-15(22-3)14(10-12)21-2/h5-6,9-10H,4,7-8H2,1-3H3,(H,18,19). The molecule has 0 fully saturated rings. The maximum absolute atomic E-state index is 11.9. The maximum Gasteiger partial charge on any atom is 0.261 e. The Labute approximate surface area is 135 Å². The zero-order valence-electron chi connectivity index (χ0n) is 13.0. The summed E-state index contributed by atoms with van der Waals surface area (Å²) >= 11 is 1.57. The van der Waals surface area contributed by atoms with Gasteiger partial charge >= 0.3 is 0 Å². The Kier molecular flexibility index (Phi) is 8.11. The van der Waals surface area contributed by atoms with Crippen molar-refractivity contribution in [3.05, 3.63) is 29.3 Å². The number of hydrogen-bond donors (Lipinski definition) is 1. The SMILES string of the molecule is COCCCNC(=O)C(C#N)=Cc1ccc(SC)c(OC)c1. The van der Waals surface area contributed by atoms with E-state index in [1.54, 1.807) is 38.1 Å². The molecule has 1 aromatic carbocycles. The second-order valence-corrected chi connectivity index (χ2v) is 5.23. The number of nitrogens with zero attached hydrogens (tertiary/aromatic N) is 1. The van der Waals surface area contributed by atoms with Gasteiger partial charge in [-0.2, -0.15) is 5.26 Å². The predicted molar refractivity (Wildman–Crippen MR) is 87.9 cm³/mol. The van der Waals surface area contributed by atoms with Gasteiger partial charge in [0.25, 0.3) is 5.91 Å². The number of hydrogen-bond acceptors (Lipinski definition) is 5. The lowest BCUT2D eigenvalue weighted by Gasteiger charge is -2.07. The molecule has 0 bridgehead atoms. The van der Waals surface area contributed by atoms with Crippen LogP contribution in [0.15, 0.2) is 28.7 Å². The highest BCUT2D eigenvalue weighted by Gasteiger charge is 2.09. The van der Waals surface area contributed by atoms with Crippen molar-refractivity contribution >= 4 is 23.7 Å². The van der Waals surface area contributed by atoms with Gasteiger partial charge in [-0.15, -0.1) is 11.8 Å². The summed E-state index contributed by atoms with van der Waals surface area (Å²) in [5.74, 6) is 0.338. The van der Waals surface area contributed by atoms with Crippen molar-refractivity contribution in [1.82, 2.24) is 5.32 Å². The second kappa shape index (κ2) is 9.87. The van der Waals surface area contributed by atoms with E-state index in [1.165, 1.54) is 0 Å². The van der Waals surface area contributed by atoms with Gasteiger partial charge in [-0.3, -0.25) is 4.79 Å². The molecule has 1 rings (SSSR count). The summed E-state index contributed by atoms with van der Waals surface area (Å²) in [5.41, 5.74) is 0.814. The molecule has 0 saturated heterocycles. The smallest absolute Gasteiger partial charge is 0.261 e. The molecule has 1 amide bonds. The van der Waals surface area contributed by atoms with Crippen LogP contribution in [-0.4, -0.2) is 39.5 Å². The van der Waals surface area contributed by atoms with Crippen molar-refractivity contribution in [2.24, 2.45) is 0 Å². The number of carbonyl (C=O) groups excluding carboxylic acids is 1. The fraction of sp³-hybridized carbons (Fsp3) is 0.375. The summed E-state index contributed by atoms with van der Waals surface area (Å²) in [5, 5.41) is 11.8. The van der Waals surface area contributed by atoms with E-state index in [1.807, 2.05) is 24.5 Å². The average Bonchev–Trinajstić information content (AvgIpc) is 2.56. The van der Waals surface area contributed by atoms with E-state index in [-0.39, 0.29) is 11.5 Å². The normalized spacial score (nSPS) is 10.9. The van der Waals surface area contributed by atoms with Crippen molar-refractivity contribution in [2.75, 3.05) is 33.6 Å². The van der Waals surface area contributed by atoms with Crippen molar-refractivity contribution in [3.8, 4) is 11.8 Å². The predicted octanol–water partition coefficient (Wildman–Crippen LogP) is 2.48. The van der Waals surface area contributed by atoms with Gasteiger partial charge in [0, 0.05) is 25.2 Å². The Balaban J connectivity index is 2.83. The van der Waals surface area contributed by atoms with Crippen LogP contribution in [0.1, 0.15) is 12.0 Å². The van der Waals surface area contributed by atoms with Gasteiger partial charge in [-0.25, -0.2) is 0 Å². The van der Waals surface area contributed by atoms with Crippen LogP contribution >= 0.6 is 11.8 Å². The first kappa shape index (κ1) is 18.1. The monoisotopic (exact) mass is 320 g/mol. The Morgan fingerprint density at radius 2 is 2.23 bits per heavy atom. The third-order valence-electron chi connectivity index (χ3n) is 2.89. The maximum atomic E-state index is 11.9. The lowest BCUT2D eigenvalue weighted by molar-refractivity contribution is -0.117. The van der Waals surface area contributed by atoms with Crippen LogP contribution in [0.5, 0.6) is 5.75 Å². The third-order valence-corrected chi connectivity index (χ3v) is 3.67. The molecule has 0 aliphatic carbocycles. The quantitative estimate of drug-likeness (QED) is 0.345. The summed E-state index contributed by atoms with van der Waals surface area (Å²) in [4.78, 5) is 12.9. The number of ether oxygens (including phenoxy) is 2. The van der Waals surface area contributed by atoms with Crippen molar-refractivity contribution in [1.29, 1.82) is 5.26 Å². The molecule has 0 spiro atoms. The van der Waals surface area contributed by atoms with Crippen LogP contribution in [0.2, 0.25) is 0 Å². The number of nitriles is 1. The molecule has 0 unspecified atom stereocenters. The number of methoxy groups -OCH3 is 2. The summed E-state index contributed by atoms with van der Waals surface area (Å²) < 4.78 is 10.2. The van der Waals surface area contributed by atoms with Crippen molar-refractivity contribution in [2.45, 2.75) is 11.3 Å². The average molecular weight is 320 g/mol. The van der Waals surface area contributed by atoms with E-state index >= 15 is 0 Å². The number of thioether (sulfide) groups is 1. The Hall–Kier alpha value is -1.97. The molecule has 0 aliphatic rings. The molecule has 0 saturated carbocycles. The van der Waals surface area contributed by atoms with Gasteiger partial charge in [-0.05, 0) is 36.4 Å². The van der Waals surface area contributed by atoms with Crippen molar-refractivity contribution in [3.63, 3.8) is 0 Å². The molecule has 1 aromatic rings. The summed E-state index contributed by atoms with van der Waals surface area (Å²) in [6.45, 7) is 1.04. The topological polar surface area (TPSA) is 71.3 Å². The van der Waals surface area contributed by atoms with Crippen LogP contribution in [0, 0.1) is 11.3 Å². The minimum Gasteiger partial charge on any atom is -0.496 e. The summed E-state index contributed by atoms with van der Waals surface area (Å²) in [7, 11) is 3.20. The molecular formula is C16H20N2O3S. The highest BCUT2D eigenvalue weighted by atomic mass is 32.2. The molecule has 0 aliphatic heterocycles. The molecule has 22 heavy (non-hydrogen) atoms. The Morgan fingerprint density at radius 1 is 1.45 bits per heavy atom. The second-order valence-electron chi connectivity index (χ2n) is 4.39. The molecule has 0 atom stereocenters. The van der Waals surface area contributed by atoms with E-state index in [0.29, 0.717) is 19.6 Å². The van der Waals surface area contributed by atoms with E-state index < -0.39 is 0 Å². The first-order valence-corrected chi connectivity index (χ1v) is 7.99. The van der Waals surface area contributed by atoms with Gasteiger partial charge in [0.15, 0.2) is 0 Å². The zero-order chi connectivity index (χ0) is 16.4. The van der Waals surface area contributed by atoms with Gasteiger partial charge in [-0.1, -0.05) is 6.07 Å². The third kappa shape index (κ3) is 5.43. The van der Waals surface area contributed by atoms with Crippen molar-refractivity contribution < 1.29 is 14.3 Å². The summed E-state index contributed by atoms with van der Waals surface area (Å²) in [6.07, 6.45) is 4.22. The summed E-state index contributed by atoms with van der Waals surface area (Å²) in [6, 6.07) is 7.49. The van der Waals surface area contributed by atoms with E-state index in [4.69, 9.17) is 14.7 Å². The Bertz CT molecular complexity index is 579. The number of nitrogens with one attached hydrogen (secondary N) is 1. The first-order chi connectivity index (χ1) is 10.7. The minimum atomic E-state index is -0.383. The molecular weight excluding hydrogens is 300 g/mol. The Morgan fingerprint density at radius 3 is 2.82 bits per heavy atom. The number of carbonyl (C=O) groups is 1. The molecule has 1 N–H and O–H groups in total. The van der Waals surface area contributed by atoms with Crippen LogP contribution in [-0.2, 0) is 9.53 Å². The number of rotatable bonds is 8. The lowest BCUT2D eigenvalue weighted by atomic mass is 10.1. The van der Waals surface area contributed by atoms with Gasteiger partial charge in [0.1, 0.15) is 17.4 Å². The minimum absolute atomic E-state index is 0.0661. The molecule has 0 aromatic heterocycles. The van der Waals surface area contributed by atoms with E-state index in [2.05, 4.69) is 5.32 Å². The highest BCUT2D eigenvalue weighted by Crippen LogP contribution is 2.29. The molecule has 118 valence electrons. The first-order valence-electron chi connectivity index (χ1n) is 6.77. The van der Waals surface area contributed by atoms with Crippen LogP contribution < -0.4 is 10.1 Å². The van der Waals surface area contributed by atoms with Gasteiger partial charge < -0.3 is 14.8 Å². The highest BCUT2D eigenvalue weighted by molar-refractivity contribution is 7.98. The largest absolute Gasteiger partial charge is 0.496 e. The van der Waals surface area contributed by atoms with E-state index in [0.717, 1.165) is 16.2 Å². The number of amides is 1. The van der Waals surface area contributed by atoms with E-state index in [9.17, 15) is 4.79 Å². The van der Waals surface area contributed by atoms with Gasteiger partial charge in [0.2, 0.25) is 0 Å². The van der Waals surface area contributed by atoms with Gasteiger partial charge in [0.05, 0.1) is 7.11 Å². The molecule has 0 radical (unpaired) electrons. The number of benzene rings is 1. The zero-order valence-corrected chi connectivity index (χ0v) is 13.8. The fourth-order valence-electron chi connectivity index (χ4n) is 1.77. The fourth-order valence-corrected chi connectivity index (χ4v) is 2.32. The molecule has 5 nitrogen and oxygen atoms in total. The van der Waals surface area contributed by atoms with Crippen LogP contribution in [0.25, 0.3) is 6.08 Å². The molecule has 0 heterocycles.